The smallest absolute Gasteiger partial charge is 0.269 e. The van der Waals surface area contributed by atoms with Gasteiger partial charge < -0.3 is 0 Å². The first kappa shape index (κ1) is 24.9. The predicted molar refractivity (Wildman–Crippen MR) is 146 cm³/mol. The minimum Gasteiger partial charge on any atom is -0.298 e. The van der Waals surface area contributed by atoms with Crippen LogP contribution < -0.4 is 5.06 Å². The minimum absolute atomic E-state index is 0.0253. The van der Waals surface area contributed by atoms with Crippen molar-refractivity contribution in [1.29, 1.82) is 0 Å². The van der Waals surface area contributed by atoms with Gasteiger partial charge >= 0.3 is 0 Å². The van der Waals surface area contributed by atoms with Gasteiger partial charge in [0.15, 0.2) is 5.78 Å². The molecule has 4 aromatic rings. The molecule has 5 rings (SSSR count). The number of hydroxylamine groups is 1. The monoisotopic (exact) mass is 502 g/mol. The van der Waals surface area contributed by atoms with Gasteiger partial charge in [-0.2, -0.15) is 0 Å². The quantitative estimate of drug-likeness (QED) is 0.170. The average Bonchev–Trinajstić information content (AvgIpc) is 2.97. The third-order valence-electron chi connectivity index (χ3n) is 6.88. The molecule has 0 amide bonds. The number of hydrogen-bond donors (Lipinski definition) is 0. The molecule has 4 aromatic carbocycles. The Labute approximate surface area is 221 Å². The summed E-state index contributed by atoms with van der Waals surface area (Å²) in [6, 6.07) is 34.5. The largest absolute Gasteiger partial charge is 0.298 e. The van der Waals surface area contributed by atoms with E-state index in [1.54, 1.807) is 24.1 Å². The van der Waals surface area contributed by atoms with Crippen LogP contribution in [0.5, 0.6) is 0 Å². The molecular formula is C32H26N2O4. The molecule has 0 spiro atoms. The van der Waals surface area contributed by atoms with Gasteiger partial charge in [0.1, 0.15) is 17.6 Å². The van der Waals surface area contributed by atoms with Crippen LogP contribution in [0.25, 0.3) is 0 Å². The summed E-state index contributed by atoms with van der Waals surface area (Å²) in [7, 11) is 0. The Morgan fingerprint density at radius 3 is 2.03 bits per heavy atom. The first-order chi connectivity index (χ1) is 18.5. The number of anilines is 1. The summed E-state index contributed by atoms with van der Waals surface area (Å²) in [5.41, 5.74) is 1.97. The molecular weight excluding hydrogens is 476 g/mol. The second-order valence-electron chi connectivity index (χ2n) is 9.26. The van der Waals surface area contributed by atoms with Crippen LogP contribution in [-0.2, 0) is 9.63 Å². The normalized spacial score (nSPS) is 20.7. The second kappa shape index (κ2) is 10.7. The molecule has 0 aliphatic carbocycles. The topological polar surface area (TPSA) is 72.7 Å². The lowest BCUT2D eigenvalue weighted by molar-refractivity contribution is -0.384. The number of ketones is 1. The van der Waals surface area contributed by atoms with E-state index in [4.69, 9.17) is 4.84 Å². The summed E-state index contributed by atoms with van der Waals surface area (Å²) in [6.45, 7) is 1.56. The van der Waals surface area contributed by atoms with Gasteiger partial charge in [0.25, 0.3) is 5.69 Å². The van der Waals surface area contributed by atoms with Gasteiger partial charge in [-0.3, -0.25) is 19.7 Å². The summed E-state index contributed by atoms with van der Waals surface area (Å²) in [5, 5.41) is 13.1. The number of rotatable bonds is 5. The van der Waals surface area contributed by atoms with Crippen LogP contribution in [0.3, 0.4) is 0 Å². The lowest BCUT2D eigenvalue weighted by Crippen LogP contribution is -2.51. The van der Waals surface area contributed by atoms with E-state index in [1.165, 1.54) is 12.1 Å². The van der Waals surface area contributed by atoms with Crippen LogP contribution >= 0.6 is 0 Å². The molecule has 1 aliphatic rings. The Kier molecular flexibility index (Phi) is 7.03. The molecule has 0 saturated carbocycles. The highest BCUT2D eigenvalue weighted by Crippen LogP contribution is 2.52. The summed E-state index contributed by atoms with van der Waals surface area (Å²) >= 11 is 0. The highest BCUT2D eigenvalue weighted by Gasteiger charge is 2.53. The van der Waals surface area contributed by atoms with Crippen molar-refractivity contribution < 1.29 is 14.6 Å². The Balaban J connectivity index is 1.74. The number of para-hydroxylation sites is 1. The zero-order valence-corrected chi connectivity index (χ0v) is 20.9. The molecule has 1 heterocycles. The van der Waals surface area contributed by atoms with E-state index in [1.807, 2.05) is 91.0 Å². The van der Waals surface area contributed by atoms with Crippen LogP contribution in [-0.4, -0.2) is 10.7 Å². The van der Waals surface area contributed by atoms with Gasteiger partial charge in [-0.15, -0.1) is 0 Å². The van der Waals surface area contributed by atoms with Crippen molar-refractivity contribution in [3.05, 3.63) is 142 Å². The number of carbonyl (C=O) groups excluding carboxylic acids is 1. The molecule has 0 bridgehead atoms. The zero-order valence-electron chi connectivity index (χ0n) is 20.9. The highest BCUT2D eigenvalue weighted by atomic mass is 16.7. The number of nitro groups is 1. The van der Waals surface area contributed by atoms with Crippen molar-refractivity contribution in [2.45, 2.75) is 25.5 Å². The van der Waals surface area contributed by atoms with Gasteiger partial charge in [0.05, 0.1) is 10.6 Å². The Morgan fingerprint density at radius 1 is 0.868 bits per heavy atom. The highest BCUT2D eigenvalue weighted by molar-refractivity contribution is 5.88. The van der Waals surface area contributed by atoms with Crippen LogP contribution in [0.1, 0.15) is 42.2 Å². The molecule has 188 valence electrons. The Morgan fingerprint density at radius 2 is 1.45 bits per heavy atom. The van der Waals surface area contributed by atoms with Crippen molar-refractivity contribution in [3.63, 3.8) is 0 Å². The van der Waals surface area contributed by atoms with Crippen molar-refractivity contribution in [1.82, 2.24) is 0 Å². The van der Waals surface area contributed by atoms with Crippen LogP contribution in [0.2, 0.25) is 0 Å². The minimum atomic E-state index is -1.18. The summed E-state index contributed by atoms with van der Waals surface area (Å²) in [5.74, 6) is 6.53. The number of Topliss-reactive ketones (excluding diaryl/α,β-unsaturated/α-hetero) is 1. The standard InChI is InChI=1S/C32H26N2O4/c1-24(35)32(22-21-25-11-5-2-6-12-25)23-30(26-13-7-3-8-14-26)38-33(28-15-9-4-10-16-28)31(32)27-17-19-29(20-18-27)34(36)37/h2-20,30-31H,23H2,1H3/t30-,31-,32+/m1/s1. The molecule has 6 nitrogen and oxygen atoms in total. The molecule has 0 N–H and O–H groups in total. The van der Waals surface area contributed by atoms with Crippen molar-refractivity contribution in [2.24, 2.45) is 5.41 Å². The maximum Gasteiger partial charge on any atom is 0.269 e. The molecule has 1 aliphatic heterocycles. The third-order valence-corrected chi connectivity index (χ3v) is 6.88. The lowest BCUT2D eigenvalue weighted by Gasteiger charge is -2.49. The molecule has 0 unspecified atom stereocenters. The van der Waals surface area contributed by atoms with Crippen molar-refractivity contribution in [3.8, 4) is 11.8 Å². The number of benzene rings is 4. The van der Waals surface area contributed by atoms with E-state index >= 15 is 0 Å². The van der Waals surface area contributed by atoms with E-state index in [0.717, 1.165) is 16.8 Å². The van der Waals surface area contributed by atoms with Crippen molar-refractivity contribution in [2.75, 3.05) is 5.06 Å². The van der Waals surface area contributed by atoms with E-state index in [2.05, 4.69) is 11.8 Å². The van der Waals surface area contributed by atoms with E-state index in [0.29, 0.717) is 12.0 Å². The average molecular weight is 503 g/mol. The van der Waals surface area contributed by atoms with Crippen LogP contribution in [0.4, 0.5) is 11.4 Å². The fourth-order valence-electron chi connectivity index (χ4n) is 4.92. The summed E-state index contributed by atoms with van der Waals surface area (Å²) < 4.78 is 0. The van der Waals surface area contributed by atoms with Crippen LogP contribution in [0.15, 0.2) is 115 Å². The molecule has 6 heteroatoms. The SMILES string of the molecule is CC(=O)[C@]1(C#Cc2ccccc2)C[C@H](c2ccccc2)ON(c2ccccc2)[C@@H]1c1ccc([N+](=O)[O-])cc1. The second-order valence-corrected chi connectivity index (χ2v) is 9.26. The maximum atomic E-state index is 13.8. The summed E-state index contributed by atoms with van der Waals surface area (Å²) in [4.78, 5) is 31.3. The van der Waals surface area contributed by atoms with Gasteiger partial charge in [0, 0.05) is 24.1 Å². The van der Waals surface area contributed by atoms with Crippen molar-refractivity contribution >= 4 is 17.2 Å². The molecule has 1 fully saturated rings. The number of non-ortho nitro benzene ring substituents is 1. The van der Waals surface area contributed by atoms with Gasteiger partial charge in [-0.1, -0.05) is 78.6 Å². The fraction of sp³-hybridized carbons (Fsp3) is 0.156. The van der Waals surface area contributed by atoms with E-state index < -0.39 is 22.5 Å². The fourth-order valence-corrected chi connectivity index (χ4v) is 4.92. The first-order valence-corrected chi connectivity index (χ1v) is 12.4. The number of hydrogen-bond acceptors (Lipinski definition) is 5. The number of carbonyl (C=O) groups is 1. The van der Waals surface area contributed by atoms with E-state index in [9.17, 15) is 14.9 Å². The predicted octanol–water partition coefficient (Wildman–Crippen LogP) is 6.85. The lowest BCUT2D eigenvalue weighted by atomic mass is 9.68. The van der Waals surface area contributed by atoms with Gasteiger partial charge in [-0.05, 0) is 54.4 Å². The molecule has 38 heavy (non-hydrogen) atoms. The maximum absolute atomic E-state index is 13.8. The zero-order chi connectivity index (χ0) is 26.5. The molecule has 1 saturated heterocycles. The first-order valence-electron chi connectivity index (χ1n) is 12.4. The van der Waals surface area contributed by atoms with Crippen LogP contribution in [0, 0.1) is 27.4 Å². The van der Waals surface area contributed by atoms with E-state index in [-0.39, 0.29) is 11.5 Å². The van der Waals surface area contributed by atoms with Gasteiger partial charge in [-0.25, -0.2) is 5.06 Å². The Hall–Kier alpha value is -4.73. The summed E-state index contributed by atoms with van der Waals surface area (Å²) in [6.07, 6.45) is -0.128. The molecule has 0 radical (unpaired) electrons. The number of nitrogens with zero attached hydrogens (tertiary/aromatic N) is 2. The Bertz CT molecular complexity index is 1480. The molecule has 0 aromatic heterocycles. The van der Waals surface area contributed by atoms with Gasteiger partial charge in [0.2, 0.25) is 0 Å². The number of nitro benzene ring substituents is 1. The molecule has 3 atom stereocenters. The third kappa shape index (κ3) is 4.93.